The van der Waals surface area contributed by atoms with E-state index < -0.39 is 0 Å². The van der Waals surface area contributed by atoms with E-state index in [1.807, 2.05) is 12.1 Å². The van der Waals surface area contributed by atoms with Gasteiger partial charge in [-0.2, -0.15) is 0 Å². The molecule has 2 saturated carbocycles. The molecular formula is C15H21BrN2O. The topological polar surface area (TPSA) is 47.3 Å². The molecule has 3 nitrogen and oxygen atoms in total. The summed E-state index contributed by atoms with van der Waals surface area (Å²) < 4.78 is 6.54. The molecule has 1 aromatic carbocycles. The van der Waals surface area contributed by atoms with Gasteiger partial charge in [0, 0.05) is 10.5 Å². The van der Waals surface area contributed by atoms with Gasteiger partial charge in [-0.1, -0.05) is 15.9 Å². The lowest BCUT2D eigenvalue weighted by atomic mass is 9.90. The maximum Gasteiger partial charge on any atom is 0.122 e. The van der Waals surface area contributed by atoms with Gasteiger partial charge in [0.1, 0.15) is 5.75 Å². The number of halogens is 1. The highest BCUT2D eigenvalue weighted by atomic mass is 79.9. The molecule has 0 aromatic heterocycles. The Balaban J connectivity index is 1.73. The number of hydrogen-bond acceptors (Lipinski definition) is 3. The van der Waals surface area contributed by atoms with Crippen LogP contribution in [-0.4, -0.2) is 13.2 Å². The highest BCUT2D eigenvalue weighted by Crippen LogP contribution is 2.55. The molecule has 0 saturated heterocycles. The molecule has 0 heterocycles. The van der Waals surface area contributed by atoms with E-state index in [1.165, 1.54) is 24.8 Å². The number of ether oxygens (including phenoxy) is 1. The first-order chi connectivity index (χ1) is 9.21. The summed E-state index contributed by atoms with van der Waals surface area (Å²) in [4.78, 5) is 0. The van der Waals surface area contributed by atoms with Crippen molar-refractivity contribution in [2.24, 2.45) is 23.6 Å². The Bertz CT molecular complexity index is 455. The molecule has 1 aromatic rings. The molecule has 3 rings (SSSR count). The minimum atomic E-state index is 0.357. The van der Waals surface area contributed by atoms with E-state index in [4.69, 9.17) is 10.6 Å². The molecule has 19 heavy (non-hydrogen) atoms. The summed E-state index contributed by atoms with van der Waals surface area (Å²) in [5.41, 5.74) is 4.26. The van der Waals surface area contributed by atoms with E-state index in [0.29, 0.717) is 6.04 Å². The summed E-state index contributed by atoms with van der Waals surface area (Å²) in [7, 11) is 1.72. The first-order valence-corrected chi connectivity index (χ1v) is 7.79. The maximum absolute atomic E-state index is 5.79. The highest BCUT2D eigenvalue weighted by Gasteiger charge is 2.47. The van der Waals surface area contributed by atoms with Gasteiger partial charge in [-0.25, -0.2) is 0 Å². The van der Waals surface area contributed by atoms with Crippen LogP contribution in [0.15, 0.2) is 22.7 Å². The van der Waals surface area contributed by atoms with Crippen molar-refractivity contribution in [3.05, 3.63) is 28.2 Å². The second-order valence-electron chi connectivity index (χ2n) is 5.92. The third-order valence-corrected chi connectivity index (χ3v) is 5.24. The molecule has 0 aliphatic heterocycles. The number of nitrogens with one attached hydrogen (secondary N) is 1. The standard InChI is InChI=1S/C15H21BrN2O/c1-19-15-3-2-13(16)7-12(15)8-14(18-17)11-5-9-4-10(9)6-11/h2-3,7,9-11,14,18H,4-6,8,17H2,1H3. The third-order valence-electron chi connectivity index (χ3n) is 4.75. The van der Waals surface area contributed by atoms with Gasteiger partial charge in [0.2, 0.25) is 0 Å². The van der Waals surface area contributed by atoms with Crippen molar-refractivity contribution < 1.29 is 4.74 Å². The third kappa shape index (κ3) is 2.81. The fraction of sp³-hybridized carbons (Fsp3) is 0.600. The van der Waals surface area contributed by atoms with E-state index >= 15 is 0 Å². The zero-order valence-electron chi connectivity index (χ0n) is 11.2. The second-order valence-corrected chi connectivity index (χ2v) is 6.84. The van der Waals surface area contributed by atoms with Gasteiger partial charge >= 0.3 is 0 Å². The smallest absolute Gasteiger partial charge is 0.122 e. The minimum absolute atomic E-state index is 0.357. The Labute approximate surface area is 123 Å². The number of hydrogen-bond donors (Lipinski definition) is 2. The summed E-state index contributed by atoms with van der Waals surface area (Å²) >= 11 is 3.53. The van der Waals surface area contributed by atoms with Crippen molar-refractivity contribution in [3.63, 3.8) is 0 Å². The van der Waals surface area contributed by atoms with E-state index in [2.05, 4.69) is 27.4 Å². The number of methoxy groups -OCH3 is 1. The lowest BCUT2D eigenvalue weighted by molar-refractivity contribution is 0.330. The van der Waals surface area contributed by atoms with E-state index in [0.717, 1.165) is 34.4 Å². The van der Waals surface area contributed by atoms with Crippen LogP contribution in [0, 0.1) is 17.8 Å². The van der Waals surface area contributed by atoms with Crippen LogP contribution in [-0.2, 0) is 6.42 Å². The second kappa shape index (κ2) is 5.43. The molecule has 2 aliphatic rings. The van der Waals surface area contributed by atoms with Crippen molar-refractivity contribution >= 4 is 15.9 Å². The fourth-order valence-electron chi connectivity index (χ4n) is 3.60. The van der Waals surface area contributed by atoms with Crippen LogP contribution < -0.4 is 16.0 Å². The highest BCUT2D eigenvalue weighted by molar-refractivity contribution is 9.10. The van der Waals surface area contributed by atoms with Gasteiger partial charge in [-0.3, -0.25) is 11.3 Å². The van der Waals surface area contributed by atoms with Crippen LogP contribution in [0.3, 0.4) is 0 Å². The molecule has 104 valence electrons. The molecule has 4 heteroatoms. The molecule has 0 amide bonds. The predicted octanol–water partition coefficient (Wildman–Crippen LogP) is 2.88. The van der Waals surface area contributed by atoms with Crippen molar-refractivity contribution in [2.45, 2.75) is 31.7 Å². The first kappa shape index (κ1) is 13.4. The summed E-state index contributed by atoms with van der Waals surface area (Å²) in [6, 6.07) is 6.52. The molecule has 3 unspecified atom stereocenters. The zero-order chi connectivity index (χ0) is 13.4. The largest absolute Gasteiger partial charge is 0.496 e. The average Bonchev–Trinajstić information content (AvgIpc) is 3.03. The van der Waals surface area contributed by atoms with Crippen LogP contribution in [0.5, 0.6) is 5.75 Å². The van der Waals surface area contributed by atoms with Crippen LogP contribution in [0.1, 0.15) is 24.8 Å². The Morgan fingerprint density at radius 3 is 2.74 bits per heavy atom. The van der Waals surface area contributed by atoms with Crippen LogP contribution in [0.2, 0.25) is 0 Å². The molecular weight excluding hydrogens is 304 g/mol. The average molecular weight is 325 g/mol. The zero-order valence-corrected chi connectivity index (χ0v) is 12.8. The van der Waals surface area contributed by atoms with Gasteiger partial charge in [0.05, 0.1) is 7.11 Å². The number of hydrazine groups is 1. The Hall–Kier alpha value is -0.580. The van der Waals surface area contributed by atoms with Crippen molar-refractivity contribution in [3.8, 4) is 5.75 Å². The maximum atomic E-state index is 5.79. The minimum Gasteiger partial charge on any atom is -0.496 e. The van der Waals surface area contributed by atoms with Crippen molar-refractivity contribution in [1.29, 1.82) is 0 Å². The van der Waals surface area contributed by atoms with Crippen LogP contribution in [0.4, 0.5) is 0 Å². The van der Waals surface area contributed by atoms with E-state index in [1.54, 1.807) is 7.11 Å². The Morgan fingerprint density at radius 2 is 2.11 bits per heavy atom. The number of rotatable bonds is 5. The van der Waals surface area contributed by atoms with Crippen molar-refractivity contribution in [2.75, 3.05) is 7.11 Å². The summed E-state index contributed by atoms with van der Waals surface area (Å²) in [5.74, 6) is 9.44. The molecule has 0 bridgehead atoms. The van der Waals surface area contributed by atoms with Gasteiger partial charge < -0.3 is 4.74 Å². The Morgan fingerprint density at radius 1 is 1.37 bits per heavy atom. The molecule has 3 atom stereocenters. The molecule has 2 aliphatic carbocycles. The van der Waals surface area contributed by atoms with E-state index in [-0.39, 0.29) is 0 Å². The predicted molar refractivity (Wildman–Crippen MR) is 79.8 cm³/mol. The first-order valence-electron chi connectivity index (χ1n) is 6.99. The molecule has 0 spiro atoms. The molecule has 3 N–H and O–H groups in total. The summed E-state index contributed by atoms with van der Waals surface area (Å²) in [5, 5.41) is 0. The van der Waals surface area contributed by atoms with E-state index in [9.17, 15) is 0 Å². The van der Waals surface area contributed by atoms with Crippen LogP contribution >= 0.6 is 15.9 Å². The normalized spacial score (nSPS) is 29.9. The monoisotopic (exact) mass is 324 g/mol. The van der Waals surface area contributed by atoms with Gasteiger partial charge in [-0.05, 0) is 67.2 Å². The van der Waals surface area contributed by atoms with Gasteiger partial charge in [0.15, 0.2) is 0 Å². The van der Waals surface area contributed by atoms with Crippen molar-refractivity contribution in [1.82, 2.24) is 5.43 Å². The lowest BCUT2D eigenvalue weighted by Gasteiger charge is -2.25. The molecule has 2 fully saturated rings. The molecule has 0 radical (unpaired) electrons. The number of benzene rings is 1. The number of nitrogens with two attached hydrogens (primary N) is 1. The van der Waals surface area contributed by atoms with Crippen LogP contribution in [0.25, 0.3) is 0 Å². The Kier molecular flexibility index (Phi) is 3.83. The lowest BCUT2D eigenvalue weighted by Crippen LogP contribution is -2.42. The quantitative estimate of drug-likeness (QED) is 0.646. The van der Waals surface area contributed by atoms with Gasteiger partial charge in [-0.15, -0.1) is 0 Å². The summed E-state index contributed by atoms with van der Waals surface area (Å²) in [6.45, 7) is 0. The fourth-order valence-corrected chi connectivity index (χ4v) is 4.00. The summed E-state index contributed by atoms with van der Waals surface area (Å²) in [6.07, 6.45) is 5.07. The number of fused-ring (bicyclic) bond motifs is 1. The SMILES string of the molecule is COc1ccc(Br)cc1CC(NN)C1CC2CC2C1. The van der Waals surface area contributed by atoms with Gasteiger partial charge in [0.25, 0.3) is 0 Å².